The van der Waals surface area contributed by atoms with Crippen molar-refractivity contribution in [2.75, 3.05) is 11.9 Å². The number of carbonyl (C=O) groups is 1. The number of amides is 1. The van der Waals surface area contributed by atoms with Gasteiger partial charge in [-0.25, -0.2) is 0 Å². The van der Waals surface area contributed by atoms with E-state index in [2.05, 4.69) is 29.7 Å². The Kier molecular flexibility index (Phi) is 3.76. The molecule has 2 aromatic carbocycles. The van der Waals surface area contributed by atoms with E-state index < -0.39 is 0 Å². The molecule has 1 aliphatic rings. The Hall–Kier alpha value is -2.13. The van der Waals surface area contributed by atoms with E-state index in [0.717, 1.165) is 29.8 Å². The Morgan fingerprint density at radius 3 is 2.81 bits per heavy atom. The molecule has 1 amide bonds. The van der Waals surface area contributed by atoms with Gasteiger partial charge < -0.3 is 10.6 Å². The molecule has 2 aromatic rings. The molecule has 21 heavy (non-hydrogen) atoms. The van der Waals surface area contributed by atoms with Crippen LogP contribution in [0.4, 0.5) is 5.69 Å². The van der Waals surface area contributed by atoms with Gasteiger partial charge in [0, 0.05) is 12.2 Å². The zero-order valence-corrected chi connectivity index (χ0v) is 12.4. The third-order valence-corrected chi connectivity index (χ3v) is 4.23. The molecule has 1 heterocycles. The predicted molar refractivity (Wildman–Crippen MR) is 85.4 cm³/mol. The van der Waals surface area contributed by atoms with Gasteiger partial charge in [0.05, 0.1) is 0 Å². The monoisotopic (exact) mass is 280 g/mol. The van der Waals surface area contributed by atoms with Crippen LogP contribution >= 0.6 is 0 Å². The summed E-state index contributed by atoms with van der Waals surface area (Å²) in [7, 11) is 0. The molecule has 0 radical (unpaired) electrons. The molecule has 108 valence electrons. The average molecular weight is 280 g/mol. The minimum atomic E-state index is -0.269. The summed E-state index contributed by atoms with van der Waals surface area (Å²) in [4.78, 5) is 12.6. The van der Waals surface area contributed by atoms with Crippen LogP contribution in [0.25, 0.3) is 0 Å². The molecule has 3 heteroatoms. The highest BCUT2D eigenvalue weighted by Crippen LogP contribution is 2.25. The lowest BCUT2D eigenvalue weighted by Gasteiger charge is -2.26. The zero-order valence-electron chi connectivity index (χ0n) is 12.4. The van der Waals surface area contributed by atoms with Crippen molar-refractivity contribution in [1.29, 1.82) is 0 Å². The van der Waals surface area contributed by atoms with Crippen molar-refractivity contribution < 1.29 is 4.79 Å². The van der Waals surface area contributed by atoms with E-state index >= 15 is 0 Å². The molecule has 1 aliphatic heterocycles. The number of fused-ring (bicyclic) bond motifs is 1. The Morgan fingerprint density at radius 2 is 1.95 bits per heavy atom. The van der Waals surface area contributed by atoms with Crippen molar-refractivity contribution in [3.63, 3.8) is 0 Å². The van der Waals surface area contributed by atoms with Gasteiger partial charge in [-0.05, 0) is 48.6 Å². The van der Waals surface area contributed by atoms with Gasteiger partial charge in [0.2, 0.25) is 5.91 Å². The van der Waals surface area contributed by atoms with E-state index in [9.17, 15) is 4.79 Å². The summed E-state index contributed by atoms with van der Waals surface area (Å²) in [6, 6.07) is 13.9. The maximum atomic E-state index is 12.6. The van der Waals surface area contributed by atoms with Gasteiger partial charge in [-0.1, -0.05) is 36.4 Å². The number of aryl methyl sites for hydroxylation is 1. The van der Waals surface area contributed by atoms with Crippen molar-refractivity contribution in [2.24, 2.45) is 0 Å². The van der Waals surface area contributed by atoms with Crippen LogP contribution in [0.5, 0.6) is 0 Å². The van der Waals surface area contributed by atoms with Crippen LogP contribution < -0.4 is 10.6 Å². The second-order valence-corrected chi connectivity index (χ2v) is 5.57. The fourth-order valence-electron chi connectivity index (χ4n) is 2.83. The number of nitrogens with one attached hydrogen (secondary N) is 2. The van der Waals surface area contributed by atoms with Gasteiger partial charge in [-0.15, -0.1) is 0 Å². The molecule has 0 saturated heterocycles. The summed E-state index contributed by atoms with van der Waals surface area (Å²) in [5, 5.41) is 6.38. The molecule has 0 aliphatic carbocycles. The number of benzene rings is 2. The number of hydrogen-bond donors (Lipinski definition) is 2. The quantitative estimate of drug-likeness (QED) is 0.887. The summed E-state index contributed by atoms with van der Waals surface area (Å²) in [5.74, 6) is 0.0100. The number of rotatable bonds is 2. The SMILES string of the molecule is Cc1cccc(NC(=O)C2NCCc3ccccc32)c1C. The molecule has 3 nitrogen and oxygen atoms in total. The zero-order chi connectivity index (χ0) is 14.8. The average Bonchev–Trinajstić information content (AvgIpc) is 2.51. The molecule has 0 bridgehead atoms. The third kappa shape index (κ3) is 2.69. The second-order valence-electron chi connectivity index (χ2n) is 5.57. The Labute approximate surface area is 125 Å². The van der Waals surface area contributed by atoms with Crippen LogP contribution in [0.2, 0.25) is 0 Å². The summed E-state index contributed by atoms with van der Waals surface area (Å²) < 4.78 is 0. The minimum Gasteiger partial charge on any atom is -0.324 e. The topological polar surface area (TPSA) is 41.1 Å². The molecular weight excluding hydrogens is 260 g/mol. The Bertz CT molecular complexity index is 679. The molecule has 3 rings (SSSR count). The fraction of sp³-hybridized carbons (Fsp3) is 0.278. The first kappa shape index (κ1) is 13.8. The summed E-state index contributed by atoms with van der Waals surface area (Å²) in [5.41, 5.74) is 5.55. The van der Waals surface area contributed by atoms with E-state index in [1.54, 1.807) is 0 Å². The first-order valence-corrected chi connectivity index (χ1v) is 7.35. The van der Waals surface area contributed by atoms with Crippen LogP contribution in [-0.2, 0) is 11.2 Å². The summed E-state index contributed by atoms with van der Waals surface area (Å²) in [6.45, 7) is 4.92. The highest BCUT2D eigenvalue weighted by atomic mass is 16.2. The first-order chi connectivity index (χ1) is 10.2. The van der Waals surface area contributed by atoms with Crippen molar-refractivity contribution in [1.82, 2.24) is 5.32 Å². The predicted octanol–water partition coefficient (Wildman–Crippen LogP) is 3.13. The van der Waals surface area contributed by atoms with E-state index in [1.165, 1.54) is 11.1 Å². The van der Waals surface area contributed by atoms with Crippen LogP contribution in [0, 0.1) is 13.8 Å². The molecule has 1 unspecified atom stereocenters. The molecular formula is C18H20N2O. The lowest BCUT2D eigenvalue weighted by atomic mass is 9.94. The Morgan fingerprint density at radius 1 is 1.14 bits per heavy atom. The van der Waals surface area contributed by atoms with Crippen LogP contribution in [0.3, 0.4) is 0 Å². The Balaban J connectivity index is 1.85. The fourth-order valence-corrected chi connectivity index (χ4v) is 2.83. The molecule has 1 atom stereocenters. The van der Waals surface area contributed by atoms with Crippen LogP contribution in [-0.4, -0.2) is 12.5 Å². The van der Waals surface area contributed by atoms with Gasteiger partial charge in [-0.2, -0.15) is 0 Å². The molecule has 0 spiro atoms. The van der Waals surface area contributed by atoms with E-state index in [4.69, 9.17) is 0 Å². The van der Waals surface area contributed by atoms with Gasteiger partial charge in [0.25, 0.3) is 0 Å². The van der Waals surface area contributed by atoms with Crippen molar-refractivity contribution in [3.8, 4) is 0 Å². The largest absolute Gasteiger partial charge is 0.324 e. The van der Waals surface area contributed by atoms with Crippen molar-refractivity contribution in [3.05, 3.63) is 64.7 Å². The van der Waals surface area contributed by atoms with Crippen LogP contribution in [0.15, 0.2) is 42.5 Å². The normalized spacial score (nSPS) is 17.1. The highest BCUT2D eigenvalue weighted by molar-refractivity contribution is 5.96. The lowest BCUT2D eigenvalue weighted by Crippen LogP contribution is -2.38. The number of carbonyl (C=O) groups excluding carboxylic acids is 1. The third-order valence-electron chi connectivity index (χ3n) is 4.23. The number of hydrogen-bond acceptors (Lipinski definition) is 2. The van der Waals surface area contributed by atoms with E-state index in [1.807, 2.05) is 37.3 Å². The van der Waals surface area contributed by atoms with E-state index in [-0.39, 0.29) is 11.9 Å². The summed E-state index contributed by atoms with van der Waals surface area (Å²) >= 11 is 0. The van der Waals surface area contributed by atoms with Crippen molar-refractivity contribution >= 4 is 11.6 Å². The van der Waals surface area contributed by atoms with Gasteiger partial charge in [0.15, 0.2) is 0 Å². The molecule has 0 aromatic heterocycles. The van der Waals surface area contributed by atoms with Gasteiger partial charge in [0.1, 0.15) is 6.04 Å². The smallest absolute Gasteiger partial charge is 0.246 e. The van der Waals surface area contributed by atoms with E-state index in [0.29, 0.717) is 0 Å². The van der Waals surface area contributed by atoms with Gasteiger partial charge in [-0.3, -0.25) is 4.79 Å². The minimum absolute atomic E-state index is 0.0100. The van der Waals surface area contributed by atoms with Crippen LogP contribution in [0.1, 0.15) is 28.3 Å². The highest BCUT2D eigenvalue weighted by Gasteiger charge is 2.25. The summed E-state index contributed by atoms with van der Waals surface area (Å²) in [6.07, 6.45) is 0.976. The number of anilines is 1. The second kappa shape index (κ2) is 5.70. The first-order valence-electron chi connectivity index (χ1n) is 7.35. The maximum Gasteiger partial charge on any atom is 0.246 e. The standard InChI is InChI=1S/C18H20N2O/c1-12-6-5-9-16(13(12)2)20-18(21)17-15-8-4-3-7-14(15)10-11-19-17/h3-9,17,19H,10-11H2,1-2H3,(H,20,21). The van der Waals surface area contributed by atoms with Gasteiger partial charge >= 0.3 is 0 Å². The molecule has 0 saturated carbocycles. The maximum absolute atomic E-state index is 12.6. The molecule has 2 N–H and O–H groups in total. The molecule has 0 fully saturated rings. The van der Waals surface area contributed by atoms with Crippen molar-refractivity contribution in [2.45, 2.75) is 26.3 Å². The lowest BCUT2D eigenvalue weighted by molar-refractivity contribution is -0.118.